The monoisotopic (exact) mass is 367 g/mol. The fourth-order valence-corrected chi connectivity index (χ4v) is 4.01. The minimum absolute atomic E-state index is 0.0678. The molecule has 0 radical (unpaired) electrons. The molecule has 1 aliphatic carbocycles. The SMILES string of the molecule is CS(=O)(=O)C1CCCC(Nc2cc(F)c(Br)cc2F)C1. The Bertz CT molecular complexity index is 607. The van der Waals surface area contributed by atoms with Crippen molar-refractivity contribution in [3.8, 4) is 0 Å². The van der Waals surface area contributed by atoms with Crippen molar-refractivity contribution in [2.75, 3.05) is 11.6 Å². The Labute approximate surface area is 125 Å². The molecule has 0 amide bonds. The van der Waals surface area contributed by atoms with Gasteiger partial charge in [-0.05, 0) is 41.3 Å². The van der Waals surface area contributed by atoms with Crippen LogP contribution in [0.1, 0.15) is 25.7 Å². The molecule has 3 nitrogen and oxygen atoms in total. The largest absolute Gasteiger partial charge is 0.380 e. The highest BCUT2D eigenvalue weighted by atomic mass is 79.9. The molecule has 0 saturated heterocycles. The van der Waals surface area contributed by atoms with Crippen LogP contribution >= 0.6 is 15.9 Å². The number of halogens is 3. The Balaban J connectivity index is 2.12. The van der Waals surface area contributed by atoms with E-state index in [4.69, 9.17) is 0 Å². The van der Waals surface area contributed by atoms with E-state index < -0.39 is 26.7 Å². The molecule has 2 rings (SSSR count). The third-order valence-corrected chi connectivity index (χ3v) is 5.85. The van der Waals surface area contributed by atoms with Crippen LogP contribution < -0.4 is 5.32 Å². The molecule has 1 fully saturated rings. The third kappa shape index (κ3) is 3.69. The van der Waals surface area contributed by atoms with Crippen molar-refractivity contribution in [2.24, 2.45) is 0 Å². The van der Waals surface area contributed by atoms with Crippen LogP contribution in [0.4, 0.5) is 14.5 Å². The molecule has 0 spiro atoms. The van der Waals surface area contributed by atoms with Gasteiger partial charge >= 0.3 is 0 Å². The van der Waals surface area contributed by atoms with Crippen LogP contribution in [0, 0.1) is 11.6 Å². The van der Waals surface area contributed by atoms with Crippen molar-refractivity contribution in [3.63, 3.8) is 0 Å². The molecule has 0 bridgehead atoms. The molecule has 2 atom stereocenters. The summed E-state index contributed by atoms with van der Waals surface area (Å²) in [6.07, 6.45) is 3.79. The first-order chi connectivity index (χ1) is 9.27. The first kappa shape index (κ1) is 15.7. The van der Waals surface area contributed by atoms with Gasteiger partial charge < -0.3 is 5.32 Å². The van der Waals surface area contributed by atoms with Crippen LogP contribution in [0.3, 0.4) is 0 Å². The lowest BCUT2D eigenvalue weighted by atomic mass is 9.94. The number of hydrogen-bond donors (Lipinski definition) is 1. The number of sulfone groups is 1. The van der Waals surface area contributed by atoms with Crippen LogP contribution in [-0.2, 0) is 9.84 Å². The van der Waals surface area contributed by atoms with Gasteiger partial charge in [0.25, 0.3) is 0 Å². The Hall–Kier alpha value is -0.690. The quantitative estimate of drug-likeness (QED) is 0.831. The van der Waals surface area contributed by atoms with Gasteiger partial charge in [0.1, 0.15) is 21.5 Å². The third-order valence-electron chi connectivity index (χ3n) is 3.60. The van der Waals surface area contributed by atoms with E-state index in [1.54, 1.807) is 0 Å². The van der Waals surface area contributed by atoms with Gasteiger partial charge in [0.15, 0.2) is 0 Å². The number of nitrogens with one attached hydrogen (secondary N) is 1. The Kier molecular flexibility index (Phi) is 4.69. The first-order valence-electron chi connectivity index (χ1n) is 6.37. The van der Waals surface area contributed by atoms with Gasteiger partial charge in [0.05, 0.1) is 15.4 Å². The van der Waals surface area contributed by atoms with Crippen molar-refractivity contribution in [3.05, 3.63) is 28.2 Å². The minimum Gasteiger partial charge on any atom is -0.380 e. The maximum absolute atomic E-state index is 13.7. The van der Waals surface area contributed by atoms with Crippen molar-refractivity contribution in [2.45, 2.75) is 37.0 Å². The molecule has 1 N–H and O–H groups in total. The van der Waals surface area contributed by atoms with E-state index in [1.165, 1.54) is 6.26 Å². The van der Waals surface area contributed by atoms with E-state index >= 15 is 0 Å². The number of rotatable bonds is 3. The summed E-state index contributed by atoms with van der Waals surface area (Å²) in [6, 6.07) is 2.00. The average molecular weight is 368 g/mol. The smallest absolute Gasteiger partial charge is 0.150 e. The predicted octanol–water partition coefficient (Wildman–Crippen LogP) is 3.50. The minimum atomic E-state index is -3.09. The molecule has 112 valence electrons. The van der Waals surface area contributed by atoms with Gasteiger partial charge in [-0.1, -0.05) is 6.42 Å². The molecule has 0 heterocycles. The average Bonchev–Trinajstić information content (AvgIpc) is 2.35. The maximum Gasteiger partial charge on any atom is 0.150 e. The summed E-state index contributed by atoms with van der Waals surface area (Å²) in [5.74, 6) is -1.11. The lowest BCUT2D eigenvalue weighted by Crippen LogP contribution is -2.34. The van der Waals surface area contributed by atoms with E-state index in [0.29, 0.717) is 12.8 Å². The normalized spacial score (nSPS) is 23.6. The van der Waals surface area contributed by atoms with Crippen LogP contribution in [0.15, 0.2) is 16.6 Å². The zero-order valence-electron chi connectivity index (χ0n) is 11.0. The molecule has 1 aliphatic rings. The van der Waals surface area contributed by atoms with Crippen molar-refractivity contribution >= 4 is 31.5 Å². The Morgan fingerprint density at radius 1 is 1.25 bits per heavy atom. The summed E-state index contributed by atoms with van der Waals surface area (Å²) >= 11 is 2.92. The molecule has 1 aromatic rings. The standard InChI is InChI=1S/C13H16BrF2NO2S/c1-20(18,19)9-4-2-3-8(5-9)17-13-7-11(15)10(14)6-12(13)16/h6-9,17H,2-5H2,1H3. The summed E-state index contributed by atoms with van der Waals surface area (Å²) < 4.78 is 50.4. The molecule has 20 heavy (non-hydrogen) atoms. The zero-order chi connectivity index (χ0) is 14.9. The Morgan fingerprint density at radius 2 is 1.95 bits per heavy atom. The summed E-state index contributed by atoms with van der Waals surface area (Å²) in [7, 11) is -3.09. The van der Waals surface area contributed by atoms with Crippen LogP contribution in [0.5, 0.6) is 0 Å². The van der Waals surface area contributed by atoms with Gasteiger partial charge in [-0.15, -0.1) is 0 Å². The highest BCUT2D eigenvalue weighted by Crippen LogP contribution is 2.29. The molecular formula is C13H16BrF2NO2S. The van der Waals surface area contributed by atoms with Crippen LogP contribution in [-0.4, -0.2) is 26.0 Å². The van der Waals surface area contributed by atoms with E-state index in [2.05, 4.69) is 21.2 Å². The number of hydrogen-bond acceptors (Lipinski definition) is 3. The van der Waals surface area contributed by atoms with Crippen molar-refractivity contribution < 1.29 is 17.2 Å². The second kappa shape index (κ2) is 5.97. The fourth-order valence-electron chi connectivity index (χ4n) is 2.52. The van der Waals surface area contributed by atoms with Crippen molar-refractivity contribution in [1.82, 2.24) is 0 Å². The van der Waals surface area contributed by atoms with Crippen LogP contribution in [0.2, 0.25) is 0 Å². The van der Waals surface area contributed by atoms with E-state index in [1.807, 2.05) is 0 Å². The highest BCUT2D eigenvalue weighted by Gasteiger charge is 2.29. The summed E-state index contributed by atoms with van der Waals surface area (Å²) in [5.41, 5.74) is 0.0739. The second-order valence-corrected chi connectivity index (χ2v) is 8.39. The molecule has 2 unspecified atom stereocenters. The topological polar surface area (TPSA) is 46.2 Å². The van der Waals surface area contributed by atoms with E-state index in [9.17, 15) is 17.2 Å². The predicted molar refractivity (Wildman–Crippen MR) is 78.6 cm³/mol. The van der Waals surface area contributed by atoms with Gasteiger partial charge in [-0.3, -0.25) is 0 Å². The maximum atomic E-state index is 13.7. The highest BCUT2D eigenvalue weighted by molar-refractivity contribution is 9.10. The molecular weight excluding hydrogens is 352 g/mol. The lowest BCUT2D eigenvalue weighted by molar-refractivity contribution is 0.451. The lowest BCUT2D eigenvalue weighted by Gasteiger charge is -2.29. The van der Waals surface area contributed by atoms with Gasteiger partial charge in [-0.2, -0.15) is 0 Å². The molecule has 0 aliphatic heterocycles. The first-order valence-corrected chi connectivity index (χ1v) is 9.12. The summed E-state index contributed by atoms with van der Waals surface area (Å²) in [4.78, 5) is 0. The molecule has 0 aromatic heterocycles. The zero-order valence-corrected chi connectivity index (χ0v) is 13.4. The van der Waals surface area contributed by atoms with Gasteiger partial charge in [0.2, 0.25) is 0 Å². The Morgan fingerprint density at radius 3 is 2.60 bits per heavy atom. The van der Waals surface area contributed by atoms with E-state index in [0.717, 1.165) is 25.0 Å². The second-order valence-electron chi connectivity index (χ2n) is 5.21. The van der Waals surface area contributed by atoms with Gasteiger partial charge in [0, 0.05) is 18.4 Å². The number of anilines is 1. The summed E-state index contributed by atoms with van der Waals surface area (Å²) in [5, 5.41) is 2.51. The molecule has 1 aromatic carbocycles. The van der Waals surface area contributed by atoms with Gasteiger partial charge in [-0.25, -0.2) is 17.2 Å². The van der Waals surface area contributed by atoms with Crippen molar-refractivity contribution in [1.29, 1.82) is 0 Å². The number of benzene rings is 1. The molecule has 1 saturated carbocycles. The van der Waals surface area contributed by atoms with E-state index in [-0.39, 0.29) is 16.2 Å². The fraction of sp³-hybridized carbons (Fsp3) is 0.538. The summed E-state index contributed by atoms with van der Waals surface area (Å²) in [6.45, 7) is 0. The van der Waals surface area contributed by atoms with Crippen LogP contribution in [0.25, 0.3) is 0 Å². The molecule has 7 heteroatoms.